The fourth-order valence-corrected chi connectivity index (χ4v) is 1.22. The molecule has 88 valence electrons. The molecule has 0 amide bonds. The van der Waals surface area contributed by atoms with Gasteiger partial charge in [-0.1, -0.05) is 0 Å². The Labute approximate surface area is 104 Å². The van der Waals surface area contributed by atoms with Gasteiger partial charge in [0.2, 0.25) is 6.20 Å². The maximum Gasteiger partial charge on any atom is 0.210 e. The second-order valence-electron chi connectivity index (χ2n) is 3.46. The van der Waals surface area contributed by atoms with Gasteiger partial charge >= 0.3 is 0 Å². The predicted octanol–water partition coefficient (Wildman–Crippen LogP) is -1.94. The quantitative estimate of drug-likeness (QED) is 0.632. The molecule has 1 N–H and O–H groups in total. The first-order chi connectivity index (χ1) is 6.18. The minimum absolute atomic E-state index is 0. The van der Waals surface area contributed by atoms with Gasteiger partial charge in [-0.05, 0) is 20.2 Å². The highest BCUT2D eigenvalue weighted by Crippen LogP contribution is 2.00. The highest BCUT2D eigenvalue weighted by atomic mass is 35.5. The normalized spacial score (nSPS) is 9.27. The molecule has 1 heterocycles. The van der Waals surface area contributed by atoms with Gasteiger partial charge in [0.15, 0.2) is 11.9 Å². The van der Waals surface area contributed by atoms with E-state index < -0.39 is 0 Å². The van der Waals surface area contributed by atoms with Crippen molar-refractivity contribution in [3.63, 3.8) is 0 Å². The van der Waals surface area contributed by atoms with E-state index in [0.29, 0.717) is 5.75 Å². The Hall–Kier alpha value is -0.510. The van der Waals surface area contributed by atoms with Crippen LogP contribution in [0.1, 0.15) is 6.42 Å². The average Bonchev–Trinajstić information content (AvgIpc) is 2.03. The Bertz CT molecular complexity index is 269. The molecule has 0 aromatic carbocycles. The second-order valence-corrected chi connectivity index (χ2v) is 3.46. The van der Waals surface area contributed by atoms with Crippen LogP contribution in [-0.4, -0.2) is 30.6 Å². The topological polar surface area (TPSA) is 27.4 Å². The van der Waals surface area contributed by atoms with Crippen molar-refractivity contribution in [3.05, 3.63) is 24.5 Å². The molecule has 0 bridgehead atoms. The van der Waals surface area contributed by atoms with Gasteiger partial charge in [0, 0.05) is 19.0 Å². The molecule has 0 spiro atoms. The first-order valence-electron chi connectivity index (χ1n) is 4.51. The fraction of sp³-hybridized carbons (Fsp3) is 0.500. The Morgan fingerprint density at radius 3 is 2.60 bits per heavy atom. The Balaban J connectivity index is 0. The SMILES string of the molecule is CN(C)CCC[n+]1cccc(O)c1.Cl.[Cl-]. The van der Waals surface area contributed by atoms with E-state index in [0.717, 1.165) is 19.5 Å². The molecule has 0 fully saturated rings. The molecule has 1 aromatic rings. The summed E-state index contributed by atoms with van der Waals surface area (Å²) in [6.07, 6.45) is 4.81. The van der Waals surface area contributed by atoms with E-state index in [1.807, 2.05) is 16.8 Å². The largest absolute Gasteiger partial charge is 1.00 e. The van der Waals surface area contributed by atoms with Gasteiger partial charge in [-0.15, -0.1) is 12.4 Å². The molecule has 0 aliphatic heterocycles. The van der Waals surface area contributed by atoms with Crippen LogP contribution in [0, 0.1) is 0 Å². The molecule has 0 aliphatic rings. The predicted molar refractivity (Wildman–Crippen MR) is 58.7 cm³/mol. The van der Waals surface area contributed by atoms with Crippen LogP contribution in [-0.2, 0) is 6.54 Å². The molecule has 0 saturated heterocycles. The summed E-state index contributed by atoms with van der Waals surface area (Å²) in [5, 5.41) is 9.19. The number of hydrogen-bond acceptors (Lipinski definition) is 2. The van der Waals surface area contributed by atoms with Crippen LogP contribution in [0.25, 0.3) is 0 Å². The van der Waals surface area contributed by atoms with E-state index in [4.69, 9.17) is 0 Å². The van der Waals surface area contributed by atoms with Gasteiger partial charge in [0.25, 0.3) is 0 Å². The van der Waals surface area contributed by atoms with Crippen molar-refractivity contribution in [2.75, 3.05) is 20.6 Å². The van der Waals surface area contributed by atoms with Crippen molar-refractivity contribution >= 4 is 12.4 Å². The molecule has 0 aliphatic carbocycles. The zero-order chi connectivity index (χ0) is 9.68. The van der Waals surface area contributed by atoms with E-state index in [2.05, 4.69) is 19.0 Å². The van der Waals surface area contributed by atoms with Crippen molar-refractivity contribution in [2.24, 2.45) is 0 Å². The van der Waals surface area contributed by atoms with Crippen LogP contribution in [0.15, 0.2) is 24.5 Å². The highest BCUT2D eigenvalue weighted by Gasteiger charge is 2.01. The van der Waals surface area contributed by atoms with Gasteiger partial charge in [0.1, 0.15) is 6.54 Å². The number of aromatic nitrogens is 1. The third-order valence-electron chi connectivity index (χ3n) is 1.86. The summed E-state index contributed by atoms with van der Waals surface area (Å²) in [7, 11) is 4.13. The van der Waals surface area contributed by atoms with Gasteiger partial charge < -0.3 is 22.4 Å². The van der Waals surface area contributed by atoms with E-state index in [9.17, 15) is 5.11 Å². The zero-order valence-electron chi connectivity index (χ0n) is 9.06. The molecule has 5 heteroatoms. The first kappa shape index (κ1) is 16.9. The lowest BCUT2D eigenvalue weighted by Crippen LogP contribution is -3.00. The number of hydrogen-bond donors (Lipinski definition) is 1. The van der Waals surface area contributed by atoms with Gasteiger partial charge in [-0.2, -0.15) is 0 Å². The van der Waals surface area contributed by atoms with E-state index in [1.54, 1.807) is 12.3 Å². The van der Waals surface area contributed by atoms with Crippen molar-refractivity contribution in [1.82, 2.24) is 4.90 Å². The summed E-state index contributed by atoms with van der Waals surface area (Å²) in [6.45, 7) is 2.02. The fourth-order valence-electron chi connectivity index (χ4n) is 1.22. The number of rotatable bonds is 4. The van der Waals surface area contributed by atoms with Crippen LogP contribution in [0.2, 0.25) is 0 Å². The van der Waals surface area contributed by atoms with Crippen molar-refractivity contribution in [3.8, 4) is 5.75 Å². The number of aromatic hydroxyl groups is 1. The second kappa shape index (κ2) is 8.77. The maximum absolute atomic E-state index is 9.19. The van der Waals surface area contributed by atoms with Gasteiger partial charge in [0.05, 0.1) is 0 Å². The molecule has 0 radical (unpaired) electrons. The van der Waals surface area contributed by atoms with Crippen molar-refractivity contribution < 1.29 is 22.1 Å². The average molecular weight is 253 g/mol. The summed E-state index contributed by atoms with van der Waals surface area (Å²) >= 11 is 0. The van der Waals surface area contributed by atoms with Crippen LogP contribution in [0.3, 0.4) is 0 Å². The smallest absolute Gasteiger partial charge is 0.210 e. The number of aryl methyl sites for hydroxylation is 1. The number of pyridine rings is 1. The Morgan fingerprint density at radius 2 is 2.07 bits per heavy atom. The van der Waals surface area contributed by atoms with Crippen LogP contribution in [0.5, 0.6) is 5.75 Å². The van der Waals surface area contributed by atoms with Gasteiger partial charge in [-0.25, -0.2) is 4.57 Å². The molecular formula is C10H18Cl2N2O. The highest BCUT2D eigenvalue weighted by molar-refractivity contribution is 5.85. The third-order valence-corrected chi connectivity index (χ3v) is 1.86. The lowest BCUT2D eigenvalue weighted by Gasteiger charge is -2.06. The van der Waals surface area contributed by atoms with E-state index in [-0.39, 0.29) is 24.8 Å². The lowest BCUT2D eigenvalue weighted by atomic mass is 10.3. The number of nitrogens with zero attached hydrogens (tertiary/aromatic N) is 2. The van der Waals surface area contributed by atoms with Crippen molar-refractivity contribution in [1.29, 1.82) is 0 Å². The lowest BCUT2D eigenvalue weighted by molar-refractivity contribution is -0.697. The van der Waals surface area contributed by atoms with Crippen LogP contribution >= 0.6 is 12.4 Å². The zero-order valence-corrected chi connectivity index (χ0v) is 10.6. The molecule has 15 heavy (non-hydrogen) atoms. The summed E-state index contributed by atoms with van der Waals surface area (Å²) in [4.78, 5) is 2.16. The van der Waals surface area contributed by atoms with Crippen molar-refractivity contribution in [2.45, 2.75) is 13.0 Å². The molecular weight excluding hydrogens is 235 g/mol. The Kier molecular flexibility index (Phi) is 9.88. The minimum atomic E-state index is 0. The van der Waals surface area contributed by atoms with Gasteiger partial charge in [-0.3, -0.25) is 0 Å². The van der Waals surface area contributed by atoms with Crippen LogP contribution in [0.4, 0.5) is 0 Å². The van der Waals surface area contributed by atoms with E-state index >= 15 is 0 Å². The molecule has 0 atom stereocenters. The molecule has 0 saturated carbocycles. The van der Waals surface area contributed by atoms with E-state index in [1.165, 1.54) is 0 Å². The minimum Gasteiger partial charge on any atom is -1.00 e. The summed E-state index contributed by atoms with van der Waals surface area (Å²) in [6, 6.07) is 3.54. The molecule has 3 nitrogen and oxygen atoms in total. The summed E-state index contributed by atoms with van der Waals surface area (Å²) in [5.41, 5.74) is 0. The molecule has 1 rings (SSSR count). The summed E-state index contributed by atoms with van der Waals surface area (Å²) < 4.78 is 2.00. The van der Waals surface area contributed by atoms with Crippen LogP contribution < -0.4 is 17.0 Å². The maximum atomic E-state index is 9.19. The molecule has 0 unspecified atom stereocenters. The number of halogens is 2. The third kappa shape index (κ3) is 7.42. The Morgan fingerprint density at radius 1 is 1.40 bits per heavy atom. The standard InChI is InChI=1S/C10H16N2O.2ClH/c1-11(2)6-4-8-12-7-3-5-10(13)9-12;;/h3,5,7,9H,4,6,8H2,1-2H3;2*1H. The molecule has 1 aromatic heterocycles. The summed E-state index contributed by atoms with van der Waals surface area (Å²) in [5.74, 6) is 0.326. The monoisotopic (exact) mass is 252 g/mol. The first-order valence-corrected chi connectivity index (χ1v) is 4.51.